The van der Waals surface area contributed by atoms with Gasteiger partial charge >= 0.3 is 0 Å². The Bertz CT molecular complexity index is 938. The van der Waals surface area contributed by atoms with Crippen LogP contribution < -0.4 is 9.47 Å². The van der Waals surface area contributed by atoms with Crippen molar-refractivity contribution in [1.29, 1.82) is 0 Å². The van der Waals surface area contributed by atoms with E-state index in [1.807, 2.05) is 56.7 Å². The predicted molar refractivity (Wildman–Crippen MR) is 105 cm³/mol. The normalized spacial score (nSPS) is 17.0. The van der Waals surface area contributed by atoms with E-state index in [-0.39, 0.29) is 6.04 Å². The fourth-order valence-electron chi connectivity index (χ4n) is 3.57. The predicted octanol–water partition coefficient (Wildman–Crippen LogP) is 3.66. The van der Waals surface area contributed by atoms with Crippen LogP contribution in [0.1, 0.15) is 36.2 Å². The Morgan fingerprint density at radius 2 is 1.93 bits per heavy atom. The van der Waals surface area contributed by atoms with Gasteiger partial charge in [-0.05, 0) is 50.6 Å². The summed E-state index contributed by atoms with van der Waals surface area (Å²) in [5.74, 6) is 3.95. The van der Waals surface area contributed by atoms with Gasteiger partial charge in [0.25, 0.3) is 0 Å². The highest BCUT2D eigenvalue weighted by molar-refractivity contribution is 5.34. The second-order valence-electron chi connectivity index (χ2n) is 7.07. The number of aromatic nitrogens is 4. The van der Waals surface area contributed by atoms with E-state index in [0.29, 0.717) is 5.88 Å². The molecule has 1 fully saturated rings. The molecule has 0 unspecified atom stereocenters. The van der Waals surface area contributed by atoms with Crippen LogP contribution in [0.25, 0.3) is 0 Å². The number of ether oxygens (including phenoxy) is 2. The van der Waals surface area contributed by atoms with Crippen LogP contribution in [0.2, 0.25) is 0 Å². The van der Waals surface area contributed by atoms with Crippen LogP contribution in [0, 0.1) is 6.92 Å². The minimum atomic E-state index is 0.176. The second-order valence-corrected chi connectivity index (χ2v) is 7.07. The van der Waals surface area contributed by atoms with Crippen molar-refractivity contribution in [1.82, 2.24) is 24.4 Å². The number of hydrogen-bond acceptors (Lipinski definition) is 6. The molecule has 1 aromatic carbocycles. The first-order valence-electron chi connectivity index (χ1n) is 9.50. The van der Waals surface area contributed by atoms with Gasteiger partial charge in [-0.1, -0.05) is 0 Å². The first kappa shape index (κ1) is 18.4. The molecule has 3 heterocycles. The molecule has 7 heteroatoms. The Labute approximate surface area is 165 Å². The lowest BCUT2D eigenvalue weighted by atomic mass is 10.2. The molecule has 28 heavy (non-hydrogen) atoms. The summed E-state index contributed by atoms with van der Waals surface area (Å²) >= 11 is 0. The molecule has 0 radical (unpaired) electrons. The first-order chi connectivity index (χ1) is 13.6. The van der Waals surface area contributed by atoms with Gasteiger partial charge in [0.2, 0.25) is 5.88 Å². The maximum Gasteiger partial charge on any atom is 0.222 e. The van der Waals surface area contributed by atoms with Crippen LogP contribution in [0.5, 0.6) is 17.4 Å². The number of hydrogen-bond donors (Lipinski definition) is 0. The average molecular weight is 379 g/mol. The lowest BCUT2D eigenvalue weighted by molar-refractivity contribution is 0.230. The number of likely N-dealkylation sites (tertiary alicyclic amines) is 1. The maximum atomic E-state index is 5.98. The summed E-state index contributed by atoms with van der Waals surface area (Å²) < 4.78 is 13.2. The molecule has 146 valence electrons. The molecule has 0 amide bonds. The van der Waals surface area contributed by atoms with Crippen LogP contribution in [0.15, 0.2) is 42.7 Å². The molecular formula is C21H25N5O2. The smallest absolute Gasteiger partial charge is 0.222 e. The molecule has 0 saturated carbocycles. The third kappa shape index (κ3) is 3.99. The van der Waals surface area contributed by atoms with Crippen molar-refractivity contribution in [2.45, 2.75) is 32.4 Å². The van der Waals surface area contributed by atoms with Gasteiger partial charge in [-0.2, -0.15) is 4.98 Å². The number of nitrogens with zero attached hydrogens (tertiary/aromatic N) is 5. The van der Waals surface area contributed by atoms with Crippen molar-refractivity contribution < 1.29 is 9.47 Å². The number of methoxy groups -OCH3 is 1. The largest absolute Gasteiger partial charge is 0.497 e. The second kappa shape index (κ2) is 7.98. The summed E-state index contributed by atoms with van der Waals surface area (Å²) in [6, 6.07) is 9.53. The Balaban J connectivity index is 1.54. The van der Waals surface area contributed by atoms with Gasteiger partial charge in [-0.25, -0.2) is 9.97 Å². The lowest BCUT2D eigenvalue weighted by Crippen LogP contribution is -2.26. The summed E-state index contributed by atoms with van der Waals surface area (Å²) in [5, 5.41) is 0. The van der Waals surface area contributed by atoms with Crippen LogP contribution in [0.3, 0.4) is 0 Å². The van der Waals surface area contributed by atoms with Crippen LogP contribution in [-0.2, 0) is 13.6 Å². The zero-order chi connectivity index (χ0) is 19.5. The zero-order valence-electron chi connectivity index (χ0n) is 16.5. The topological polar surface area (TPSA) is 65.3 Å². The Morgan fingerprint density at radius 3 is 2.64 bits per heavy atom. The maximum absolute atomic E-state index is 5.98. The molecule has 3 aromatic rings. The van der Waals surface area contributed by atoms with Crippen molar-refractivity contribution in [3.05, 3.63) is 60.1 Å². The van der Waals surface area contributed by atoms with Gasteiger partial charge in [-0.3, -0.25) is 4.90 Å². The summed E-state index contributed by atoms with van der Waals surface area (Å²) in [6.07, 6.45) is 5.98. The van der Waals surface area contributed by atoms with E-state index in [1.165, 1.54) is 0 Å². The number of rotatable bonds is 6. The monoisotopic (exact) mass is 379 g/mol. The Hall–Kier alpha value is -2.93. The molecule has 1 aliphatic rings. The van der Waals surface area contributed by atoms with Crippen molar-refractivity contribution in [3.63, 3.8) is 0 Å². The third-order valence-electron chi connectivity index (χ3n) is 5.06. The molecule has 1 atom stereocenters. The van der Waals surface area contributed by atoms with E-state index in [4.69, 9.17) is 19.4 Å². The fraction of sp³-hybridized carbons (Fsp3) is 0.381. The highest BCUT2D eigenvalue weighted by Gasteiger charge is 2.29. The summed E-state index contributed by atoms with van der Waals surface area (Å²) in [7, 11) is 3.67. The Kier molecular flexibility index (Phi) is 5.25. The van der Waals surface area contributed by atoms with E-state index in [9.17, 15) is 0 Å². The minimum Gasteiger partial charge on any atom is -0.497 e. The average Bonchev–Trinajstić information content (AvgIpc) is 3.31. The number of benzene rings is 1. The van der Waals surface area contributed by atoms with Gasteiger partial charge in [0, 0.05) is 31.2 Å². The molecule has 0 spiro atoms. The van der Waals surface area contributed by atoms with E-state index >= 15 is 0 Å². The quantitative estimate of drug-likeness (QED) is 0.651. The van der Waals surface area contributed by atoms with Gasteiger partial charge in [0.05, 0.1) is 19.7 Å². The van der Waals surface area contributed by atoms with Crippen LogP contribution in [-0.4, -0.2) is 38.1 Å². The Morgan fingerprint density at radius 1 is 1.14 bits per heavy atom. The molecule has 0 N–H and O–H groups in total. The number of aryl methyl sites for hydroxylation is 2. The molecule has 2 aromatic heterocycles. The molecule has 1 aliphatic heterocycles. The van der Waals surface area contributed by atoms with Crippen molar-refractivity contribution in [2.24, 2.45) is 7.05 Å². The molecule has 0 aliphatic carbocycles. The minimum absolute atomic E-state index is 0.176. The van der Waals surface area contributed by atoms with Gasteiger partial charge < -0.3 is 14.0 Å². The first-order valence-corrected chi connectivity index (χ1v) is 9.50. The van der Waals surface area contributed by atoms with Gasteiger partial charge in [-0.15, -0.1) is 0 Å². The lowest BCUT2D eigenvalue weighted by Gasteiger charge is -2.23. The highest BCUT2D eigenvalue weighted by Crippen LogP contribution is 2.32. The van der Waals surface area contributed by atoms with E-state index in [2.05, 4.69) is 14.5 Å². The molecule has 4 rings (SSSR count). The molecule has 1 saturated heterocycles. The summed E-state index contributed by atoms with van der Waals surface area (Å²) in [6.45, 7) is 3.79. The van der Waals surface area contributed by atoms with Crippen LogP contribution in [0.4, 0.5) is 0 Å². The summed E-state index contributed by atoms with van der Waals surface area (Å²) in [4.78, 5) is 16.3. The van der Waals surface area contributed by atoms with Crippen molar-refractivity contribution in [2.75, 3.05) is 13.7 Å². The van der Waals surface area contributed by atoms with E-state index in [1.54, 1.807) is 7.11 Å². The highest BCUT2D eigenvalue weighted by atomic mass is 16.5. The van der Waals surface area contributed by atoms with Gasteiger partial charge in [0.1, 0.15) is 23.1 Å². The zero-order valence-corrected chi connectivity index (χ0v) is 16.5. The standard InChI is InChI=1S/C21H25N5O2/c1-15-13-20(28-17-8-6-16(27-3)7-9-17)24-21(23-15)18-5-4-11-26(18)14-19-22-10-12-25(19)2/h6-10,12-13,18H,4-5,11,14H2,1-3H3/t18-/m0/s1. The van der Waals surface area contributed by atoms with Crippen LogP contribution >= 0.6 is 0 Å². The van der Waals surface area contributed by atoms with E-state index < -0.39 is 0 Å². The van der Waals surface area contributed by atoms with Crippen molar-refractivity contribution >= 4 is 0 Å². The molecular weight excluding hydrogens is 354 g/mol. The fourth-order valence-corrected chi connectivity index (χ4v) is 3.57. The third-order valence-corrected chi connectivity index (χ3v) is 5.06. The van der Waals surface area contributed by atoms with E-state index in [0.717, 1.165) is 54.8 Å². The SMILES string of the molecule is COc1ccc(Oc2cc(C)nc([C@@H]3CCCN3Cc3nccn3C)n2)cc1. The van der Waals surface area contributed by atoms with Gasteiger partial charge in [0.15, 0.2) is 0 Å². The van der Waals surface area contributed by atoms with Crippen molar-refractivity contribution in [3.8, 4) is 17.4 Å². The summed E-state index contributed by atoms with van der Waals surface area (Å²) in [5.41, 5.74) is 0.900. The molecule has 7 nitrogen and oxygen atoms in total. The number of imidazole rings is 1. The molecule has 0 bridgehead atoms.